The van der Waals surface area contributed by atoms with E-state index >= 15 is 0 Å². The molecule has 2 aliphatic rings. The van der Waals surface area contributed by atoms with Crippen molar-refractivity contribution in [2.45, 2.75) is 45.5 Å². The number of rotatable bonds is 8. The van der Waals surface area contributed by atoms with E-state index in [9.17, 15) is 4.79 Å². The number of hydrogen-bond acceptors (Lipinski definition) is 4. The largest absolute Gasteiger partial charge is 0.375 e. The molecule has 1 N–H and O–H groups in total. The monoisotopic (exact) mass is 368 g/mol. The van der Waals surface area contributed by atoms with Crippen molar-refractivity contribution in [1.29, 1.82) is 0 Å². The van der Waals surface area contributed by atoms with Gasteiger partial charge in [0.2, 0.25) is 5.91 Å². The zero-order valence-corrected chi connectivity index (χ0v) is 15.8. The maximum Gasteiger partial charge on any atom is 0.223 e. The van der Waals surface area contributed by atoms with Gasteiger partial charge in [0.15, 0.2) is 0 Å². The highest BCUT2D eigenvalue weighted by molar-refractivity contribution is 5.79. The lowest BCUT2D eigenvalue weighted by atomic mass is 9.85. The molecule has 6 nitrogen and oxygen atoms in total. The van der Waals surface area contributed by atoms with E-state index in [4.69, 9.17) is 4.74 Å². The van der Waals surface area contributed by atoms with Crippen LogP contribution in [0.3, 0.4) is 0 Å². The number of nitrogens with zero attached hydrogens (tertiary/aromatic N) is 3. The summed E-state index contributed by atoms with van der Waals surface area (Å²) in [5.41, 5.74) is 3.39. The Morgan fingerprint density at radius 1 is 1.22 bits per heavy atom. The van der Waals surface area contributed by atoms with E-state index in [1.807, 2.05) is 18.2 Å². The summed E-state index contributed by atoms with van der Waals surface area (Å²) in [6, 6.07) is 12.4. The van der Waals surface area contributed by atoms with Gasteiger partial charge in [-0.05, 0) is 24.5 Å². The SMILES string of the molecule is O=C(NCc1cc2n(n1)CCN(CCOCc1ccccc1)C2)C1CCC1. The maximum atomic E-state index is 12.0. The first-order chi connectivity index (χ1) is 13.3. The number of carbonyl (C=O) groups excluding carboxylic acids is 1. The van der Waals surface area contributed by atoms with Crippen LogP contribution < -0.4 is 5.32 Å². The Balaban J connectivity index is 1.20. The van der Waals surface area contributed by atoms with Crippen molar-refractivity contribution >= 4 is 5.91 Å². The molecule has 2 heterocycles. The molecular weight excluding hydrogens is 340 g/mol. The fourth-order valence-electron chi connectivity index (χ4n) is 3.61. The smallest absolute Gasteiger partial charge is 0.223 e. The summed E-state index contributed by atoms with van der Waals surface area (Å²) in [5, 5.41) is 7.67. The molecule has 1 aliphatic carbocycles. The summed E-state index contributed by atoms with van der Waals surface area (Å²) < 4.78 is 7.88. The highest BCUT2D eigenvalue weighted by Crippen LogP contribution is 2.26. The van der Waals surface area contributed by atoms with Crippen molar-refractivity contribution in [3.05, 3.63) is 53.3 Å². The van der Waals surface area contributed by atoms with Crippen molar-refractivity contribution in [3.63, 3.8) is 0 Å². The predicted molar refractivity (Wildman–Crippen MR) is 103 cm³/mol. The molecule has 2 aromatic rings. The maximum absolute atomic E-state index is 12.0. The third-order valence-electron chi connectivity index (χ3n) is 5.51. The average Bonchev–Trinajstić information content (AvgIpc) is 3.05. The van der Waals surface area contributed by atoms with E-state index in [0.717, 1.165) is 51.3 Å². The first-order valence-electron chi connectivity index (χ1n) is 9.95. The minimum absolute atomic E-state index is 0.185. The molecule has 0 unspecified atom stereocenters. The summed E-state index contributed by atoms with van der Waals surface area (Å²) >= 11 is 0. The fraction of sp³-hybridized carbons (Fsp3) is 0.524. The Kier molecular flexibility index (Phi) is 5.84. The highest BCUT2D eigenvalue weighted by Gasteiger charge is 2.25. The first kappa shape index (κ1) is 18.2. The Bertz CT molecular complexity index is 755. The van der Waals surface area contributed by atoms with Gasteiger partial charge < -0.3 is 10.1 Å². The quantitative estimate of drug-likeness (QED) is 0.727. The Labute approximate surface area is 160 Å². The summed E-state index contributed by atoms with van der Waals surface area (Å²) in [4.78, 5) is 14.4. The first-order valence-corrected chi connectivity index (χ1v) is 9.95. The molecule has 1 aromatic carbocycles. The van der Waals surface area contributed by atoms with Crippen LogP contribution in [0.4, 0.5) is 0 Å². The zero-order valence-electron chi connectivity index (χ0n) is 15.8. The number of amides is 1. The van der Waals surface area contributed by atoms with Crippen LogP contribution in [0.15, 0.2) is 36.4 Å². The molecule has 4 rings (SSSR count). The predicted octanol–water partition coefficient (Wildman–Crippen LogP) is 2.33. The highest BCUT2D eigenvalue weighted by atomic mass is 16.5. The Hall–Kier alpha value is -2.18. The van der Waals surface area contributed by atoms with Crippen LogP contribution in [0.25, 0.3) is 0 Å². The minimum atomic E-state index is 0.185. The standard InChI is InChI=1S/C21H28N4O2/c26-21(18-7-4-8-18)22-14-19-13-20-15-24(9-10-25(20)23-19)11-12-27-16-17-5-2-1-3-6-17/h1-3,5-6,13,18H,4,7-12,14-16H2,(H,22,26). The molecule has 6 heteroatoms. The number of ether oxygens (including phenoxy) is 1. The van der Waals surface area contributed by atoms with Gasteiger partial charge in [0.05, 0.1) is 37.7 Å². The summed E-state index contributed by atoms with van der Waals surface area (Å²) in [7, 11) is 0. The number of aromatic nitrogens is 2. The molecule has 0 spiro atoms. The summed E-state index contributed by atoms with van der Waals surface area (Å²) in [5.74, 6) is 0.415. The molecule has 1 amide bonds. The van der Waals surface area contributed by atoms with Crippen molar-refractivity contribution in [2.24, 2.45) is 5.92 Å². The van der Waals surface area contributed by atoms with Crippen LogP contribution in [0.5, 0.6) is 0 Å². The third kappa shape index (κ3) is 4.76. The van der Waals surface area contributed by atoms with Gasteiger partial charge in [-0.25, -0.2) is 0 Å². The fourth-order valence-corrected chi connectivity index (χ4v) is 3.61. The van der Waals surface area contributed by atoms with E-state index in [0.29, 0.717) is 13.2 Å². The van der Waals surface area contributed by atoms with Gasteiger partial charge in [0.1, 0.15) is 0 Å². The zero-order chi connectivity index (χ0) is 18.5. The van der Waals surface area contributed by atoms with Crippen molar-refractivity contribution < 1.29 is 9.53 Å². The second-order valence-electron chi connectivity index (χ2n) is 7.51. The molecule has 0 saturated heterocycles. The normalized spacial score (nSPS) is 17.3. The van der Waals surface area contributed by atoms with Gasteiger partial charge in [0.25, 0.3) is 0 Å². The number of hydrogen-bond donors (Lipinski definition) is 1. The third-order valence-corrected chi connectivity index (χ3v) is 5.51. The van der Waals surface area contributed by atoms with E-state index in [1.54, 1.807) is 0 Å². The lowest BCUT2D eigenvalue weighted by Crippen LogP contribution is -2.36. The van der Waals surface area contributed by atoms with Crippen molar-refractivity contribution in [1.82, 2.24) is 20.0 Å². The van der Waals surface area contributed by atoms with Crippen LogP contribution in [0, 0.1) is 5.92 Å². The van der Waals surface area contributed by atoms with Gasteiger partial charge in [-0.3, -0.25) is 14.4 Å². The van der Waals surface area contributed by atoms with E-state index < -0.39 is 0 Å². The van der Waals surface area contributed by atoms with Gasteiger partial charge >= 0.3 is 0 Å². The van der Waals surface area contributed by atoms with Gasteiger partial charge in [-0.15, -0.1) is 0 Å². The van der Waals surface area contributed by atoms with Crippen molar-refractivity contribution in [3.8, 4) is 0 Å². The van der Waals surface area contributed by atoms with Gasteiger partial charge in [-0.1, -0.05) is 36.8 Å². The molecule has 27 heavy (non-hydrogen) atoms. The lowest BCUT2D eigenvalue weighted by Gasteiger charge is -2.27. The minimum Gasteiger partial charge on any atom is -0.375 e. The molecule has 0 radical (unpaired) electrons. The lowest BCUT2D eigenvalue weighted by molar-refractivity contribution is -0.127. The number of fused-ring (bicyclic) bond motifs is 1. The molecule has 1 fully saturated rings. The Morgan fingerprint density at radius 3 is 2.85 bits per heavy atom. The van der Waals surface area contributed by atoms with Crippen molar-refractivity contribution in [2.75, 3.05) is 19.7 Å². The second-order valence-corrected chi connectivity index (χ2v) is 7.51. The average molecular weight is 368 g/mol. The topological polar surface area (TPSA) is 59.4 Å². The second kappa shape index (κ2) is 8.67. The molecular formula is C21H28N4O2. The van der Waals surface area contributed by atoms with E-state index in [2.05, 4.69) is 38.2 Å². The number of nitrogens with one attached hydrogen (secondary N) is 1. The molecule has 1 saturated carbocycles. The molecule has 144 valence electrons. The summed E-state index contributed by atoms with van der Waals surface area (Å²) in [6.07, 6.45) is 3.25. The molecule has 0 bridgehead atoms. The number of benzene rings is 1. The molecule has 0 atom stereocenters. The van der Waals surface area contributed by atoms with Crippen LogP contribution >= 0.6 is 0 Å². The van der Waals surface area contributed by atoms with Crippen LogP contribution in [0.1, 0.15) is 36.2 Å². The molecule has 1 aromatic heterocycles. The Morgan fingerprint density at radius 2 is 2.07 bits per heavy atom. The van der Waals surface area contributed by atoms with Gasteiger partial charge in [-0.2, -0.15) is 5.10 Å². The van der Waals surface area contributed by atoms with Crippen LogP contribution in [-0.4, -0.2) is 40.3 Å². The number of carbonyl (C=O) groups is 1. The van der Waals surface area contributed by atoms with E-state index in [-0.39, 0.29) is 11.8 Å². The van der Waals surface area contributed by atoms with Crippen LogP contribution in [-0.2, 0) is 35.8 Å². The molecule has 1 aliphatic heterocycles. The summed E-state index contributed by atoms with van der Waals surface area (Å²) in [6.45, 7) is 5.62. The van der Waals surface area contributed by atoms with E-state index in [1.165, 1.54) is 17.7 Å². The van der Waals surface area contributed by atoms with Crippen LogP contribution in [0.2, 0.25) is 0 Å². The van der Waals surface area contributed by atoms with Gasteiger partial charge in [0, 0.05) is 25.6 Å².